The Morgan fingerprint density at radius 3 is 1.42 bits per heavy atom. The Morgan fingerprint density at radius 2 is 0.974 bits per heavy atom. The molecule has 10 atom stereocenters. The number of aliphatic carboxylic acids is 3. The van der Waals surface area contributed by atoms with Crippen LogP contribution in [0.25, 0.3) is 0 Å². The molecule has 0 aromatic carbocycles. The van der Waals surface area contributed by atoms with Crippen LogP contribution >= 0.6 is 0 Å². The zero-order chi connectivity index (χ0) is 58.3. The minimum Gasteiger partial charge on any atom is -0.481 e. The van der Waals surface area contributed by atoms with Gasteiger partial charge in [-0.05, 0) is 89.4 Å². The highest BCUT2D eigenvalue weighted by molar-refractivity contribution is 5.98. The molecular formula is C47H81N15O15. The summed E-state index contributed by atoms with van der Waals surface area (Å²) in [4.78, 5) is 156. The van der Waals surface area contributed by atoms with Crippen molar-refractivity contribution in [2.24, 2.45) is 50.5 Å². The Balaban J connectivity index is 2.41. The number of nitrogens with zero attached hydrogens (tertiary/aromatic N) is 4. The number of aliphatic hydroxyl groups excluding tert-OH is 1. The van der Waals surface area contributed by atoms with Gasteiger partial charge in [0.25, 0.3) is 0 Å². The Kier molecular flexibility index (Phi) is 27.6. The van der Waals surface area contributed by atoms with Crippen molar-refractivity contribution in [2.75, 3.05) is 26.2 Å². The number of carboxylic acid groups (broad SMARTS) is 3. The number of rotatable bonds is 33. The highest BCUT2D eigenvalue weighted by Gasteiger charge is 2.44. The maximum atomic E-state index is 14.3. The van der Waals surface area contributed by atoms with Crippen molar-refractivity contribution >= 4 is 77.1 Å². The molecule has 0 aromatic heterocycles. The first-order valence-electron chi connectivity index (χ1n) is 25.7. The number of nitrogens with two attached hydrogens (primary N) is 5. The molecule has 30 nitrogen and oxygen atoms in total. The Bertz CT molecular complexity index is 2150. The fraction of sp³-hybridized carbons (Fsp3) is 0.723. The first-order valence-corrected chi connectivity index (χ1v) is 25.7. The molecule has 2 aliphatic heterocycles. The van der Waals surface area contributed by atoms with Crippen LogP contribution in [0.3, 0.4) is 0 Å². The Labute approximate surface area is 446 Å². The predicted molar refractivity (Wildman–Crippen MR) is 276 cm³/mol. The van der Waals surface area contributed by atoms with Crippen molar-refractivity contribution in [3.8, 4) is 0 Å². The van der Waals surface area contributed by atoms with Crippen LogP contribution < -0.4 is 60.6 Å². The average molecular weight is 1100 g/mol. The van der Waals surface area contributed by atoms with Gasteiger partial charge in [-0.3, -0.25) is 57.9 Å². The highest BCUT2D eigenvalue weighted by atomic mass is 16.4. The minimum absolute atomic E-state index is 0.0118. The van der Waals surface area contributed by atoms with E-state index < -0.39 is 144 Å². The molecule has 2 saturated heterocycles. The van der Waals surface area contributed by atoms with Crippen molar-refractivity contribution in [1.82, 2.24) is 41.7 Å². The van der Waals surface area contributed by atoms with Gasteiger partial charge in [0.1, 0.15) is 48.3 Å². The third-order valence-electron chi connectivity index (χ3n) is 12.7. The molecule has 0 radical (unpaired) electrons. The number of aliphatic imine (C=N–C) groups is 2. The van der Waals surface area contributed by atoms with Crippen LogP contribution in [0.1, 0.15) is 118 Å². The maximum Gasteiger partial charge on any atom is 0.326 e. The molecule has 2 aliphatic rings. The van der Waals surface area contributed by atoms with Gasteiger partial charge in [-0.1, -0.05) is 27.7 Å². The van der Waals surface area contributed by atoms with Crippen LogP contribution in [0.4, 0.5) is 0 Å². The summed E-state index contributed by atoms with van der Waals surface area (Å²) < 4.78 is 0. The van der Waals surface area contributed by atoms with Gasteiger partial charge in [-0.2, -0.15) is 0 Å². The van der Waals surface area contributed by atoms with E-state index in [2.05, 4.69) is 41.9 Å². The molecule has 0 spiro atoms. The lowest BCUT2D eigenvalue weighted by Crippen LogP contribution is -2.61. The molecule has 0 saturated carbocycles. The number of aliphatic hydroxyl groups is 1. The quantitative estimate of drug-likeness (QED) is 0.0167. The number of carbonyl (C=O) groups is 11. The lowest BCUT2D eigenvalue weighted by atomic mass is 10.0. The normalized spacial score (nSPS) is 18.2. The first kappa shape index (κ1) is 65.7. The van der Waals surface area contributed by atoms with E-state index >= 15 is 0 Å². The second-order valence-electron chi connectivity index (χ2n) is 19.9. The molecule has 0 bridgehead atoms. The summed E-state index contributed by atoms with van der Waals surface area (Å²) in [6, 6.07) is -12.3. The Morgan fingerprint density at radius 1 is 0.545 bits per heavy atom. The third kappa shape index (κ3) is 22.4. The highest BCUT2D eigenvalue weighted by Crippen LogP contribution is 2.23. The van der Waals surface area contributed by atoms with E-state index in [9.17, 15) is 68.1 Å². The van der Waals surface area contributed by atoms with Crippen LogP contribution in [-0.2, 0) is 52.7 Å². The van der Waals surface area contributed by atoms with E-state index in [4.69, 9.17) is 33.8 Å². The van der Waals surface area contributed by atoms with E-state index in [0.717, 1.165) is 4.90 Å². The molecular weight excluding hydrogens is 1010 g/mol. The van der Waals surface area contributed by atoms with Gasteiger partial charge in [0.2, 0.25) is 47.3 Å². The lowest BCUT2D eigenvalue weighted by Gasteiger charge is -2.33. The van der Waals surface area contributed by atoms with Crippen molar-refractivity contribution in [3.05, 3.63) is 0 Å². The zero-order valence-electron chi connectivity index (χ0n) is 44.4. The van der Waals surface area contributed by atoms with Gasteiger partial charge < -0.3 is 90.8 Å². The largest absolute Gasteiger partial charge is 0.481 e. The number of carboxylic acids is 3. The predicted octanol–water partition coefficient (Wildman–Crippen LogP) is -4.79. The van der Waals surface area contributed by atoms with Gasteiger partial charge in [0, 0.05) is 39.0 Å². The van der Waals surface area contributed by atoms with E-state index in [-0.39, 0.29) is 108 Å². The monoisotopic (exact) mass is 1100 g/mol. The van der Waals surface area contributed by atoms with Crippen molar-refractivity contribution in [1.29, 1.82) is 0 Å². The molecule has 0 aromatic rings. The summed E-state index contributed by atoms with van der Waals surface area (Å²) in [5.74, 6) is -11.9. The number of amides is 8. The number of hydrogen-bond acceptors (Lipinski definition) is 15. The molecule has 8 amide bonds. The van der Waals surface area contributed by atoms with Gasteiger partial charge in [0.15, 0.2) is 11.9 Å². The van der Waals surface area contributed by atoms with E-state index in [1.807, 2.05) is 13.8 Å². The van der Waals surface area contributed by atoms with Crippen LogP contribution in [0.2, 0.25) is 0 Å². The van der Waals surface area contributed by atoms with E-state index in [1.54, 1.807) is 0 Å². The topological polar surface area (TPSA) is 502 Å². The number of hydrogen-bond donors (Lipinski definition) is 15. The van der Waals surface area contributed by atoms with E-state index in [0.29, 0.717) is 6.42 Å². The molecule has 434 valence electrons. The standard InChI is InChI=1S/C47H81N15O15/c1-23(2)22-30(58-37(68)26(48)14-16-33(64)65)43(74)61-20-8-13-32(61)42(73)60-36(25(5)63)44(75)62-21-9-12-31(62)41(72)57-28(11-7-19-54-47(51)52)39(70)55-27(10-6-18-53-46(49)50)38(69)56-29(15-17-34(66)67)40(71)59-35(24(3)4)45(76)77/h23-32,35-36,63H,6-22,48H2,1-5H3,(H,55,70)(H,56,69)(H,57,72)(H,58,68)(H,59,71)(H,60,73)(H,64,65)(H,66,67)(H,76,77)(H4,49,50,53)(H4,51,52,54)/t25-,26+,27+,28+,29+,30+,31+,32+,35+,36+/m1/s1. The molecule has 77 heavy (non-hydrogen) atoms. The SMILES string of the molecule is CC(C)C[C@H](NC(=O)[C@@H](N)CCC(=O)O)C(=O)N1CCC[C@H]1C(=O)N[C@H](C(=O)N1CCC[C@H]1C(=O)N[C@@H](CCCN=C(N)N)C(=O)N[C@@H](CCCN=C(N)N)C(=O)N[C@@H](CCC(=O)O)C(=O)N[C@H](C(=O)O)C(C)C)[C@@H](C)O. The smallest absolute Gasteiger partial charge is 0.326 e. The lowest BCUT2D eigenvalue weighted by molar-refractivity contribution is -0.146. The van der Waals surface area contributed by atoms with E-state index in [1.165, 1.54) is 25.7 Å². The van der Waals surface area contributed by atoms with Gasteiger partial charge >= 0.3 is 17.9 Å². The molecule has 20 N–H and O–H groups in total. The number of carbonyl (C=O) groups excluding carboxylic acids is 8. The number of nitrogens with one attached hydrogen (secondary N) is 6. The van der Waals surface area contributed by atoms with Crippen LogP contribution in [0.5, 0.6) is 0 Å². The molecule has 0 unspecified atom stereocenters. The summed E-state index contributed by atoms with van der Waals surface area (Å²) >= 11 is 0. The van der Waals surface area contributed by atoms with Gasteiger partial charge in [-0.25, -0.2) is 4.79 Å². The molecule has 2 rings (SSSR count). The fourth-order valence-electron chi connectivity index (χ4n) is 8.67. The summed E-state index contributed by atoms with van der Waals surface area (Å²) in [7, 11) is 0. The van der Waals surface area contributed by atoms with Crippen molar-refractivity contribution < 1.29 is 73.2 Å². The third-order valence-corrected chi connectivity index (χ3v) is 12.7. The maximum absolute atomic E-state index is 14.3. The molecule has 30 heteroatoms. The second-order valence-corrected chi connectivity index (χ2v) is 19.9. The fourth-order valence-corrected chi connectivity index (χ4v) is 8.67. The zero-order valence-corrected chi connectivity index (χ0v) is 44.4. The number of guanidine groups is 2. The first-order chi connectivity index (χ1) is 36.0. The molecule has 0 aliphatic carbocycles. The summed E-state index contributed by atoms with van der Waals surface area (Å²) in [5.41, 5.74) is 27.8. The van der Waals surface area contributed by atoms with Gasteiger partial charge in [0.05, 0.1) is 12.1 Å². The summed E-state index contributed by atoms with van der Waals surface area (Å²) in [5, 5.41) is 54.1. The Hall–Kier alpha value is -7.37. The van der Waals surface area contributed by atoms with Crippen LogP contribution in [0, 0.1) is 11.8 Å². The summed E-state index contributed by atoms with van der Waals surface area (Å²) in [6.45, 7) is 7.96. The van der Waals surface area contributed by atoms with Crippen molar-refractivity contribution in [3.63, 3.8) is 0 Å². The number of likely N-dealkylation sites (tertiary alicyclic amines) is 2. The van der Waals surface area contributed by atoms with Crippen LogP contribution in [-0.4, -0.2) is 194 Å². The van der Waals surface area contributed by atoms with Crippen molar-refractivity contribution in [2.45, 2.75) is 179 Å². The minimum atomic E-state index is -1.63. The van der Waals surface area contributed by atoms with Gasteiger partial charge in [-0.15, -0.1) is 0 Å². The summed E-state index contributed by atoms with van der Waals surface area (Å²) in [6.07, 6.45) is -2.33. The van der Waals surface area contributed by atoms with Crippen LogP contribution in [0.15, 0.2) is 9.98 Å². The molecule has 2 fully saturated rings. The molecule has 2 heterocycles. The second kappa shape index (κ2) is 32.3. The average Bonchev–Trinajstić information content (AvgIpc) is 4.05.